The second kappa shape index (κ2) is 2.36. The molecule has 0 saturated heterocycles. The molecule has 0 unspecified atom stereocenters. The molecule has 0 saturated carbocycles. The summed E-state index contributed by atoms with van der Waals surface area (Å²) in [7, 11) is -3.39. The van der Waals surface area contributed by atoms with Crippen molar-refractivity contribution >= 4 is 15.8 Å². The van der Waals surface area contributed by atoms with Crippen molar-refractivity contribution in [2.75, 3.05) is 0 Å². The molecule has 4 nitrogen and oxygen atoms in total. The third-order valence-electron chi connectivity index (χ3n) is 2.47. The molecule has 0 bridgehead atoms. The molecule has 0 amide bonds. The third kappa shape index (κ3) is 0.928. The van der Waals surface area contributed by atoms with Gasteiger partial charge in [0.25, 0.3) is 0 Å². The van der Waals surface area contributed by atoms with Gasteiger partial charge in [0, 0.05) is 0 Å². The van der Waals surface area contributed by atoms with Crippen molar-refractivity contribution < 1.29 is 18.3 Å². The van der Waals surface area contributed by atoms with Crippen LogP contribution in [0.5, 0.6) is 0 Å². The van der Waals surface area contributed by atoms with Crippen molar-refractivity contribution in [2.45, 2.75) is 23.6 Å². The Hall–Kier alpha value is -1.36. The van der Waals surface area contributed by atoms with Gasteiger partial charge in [-0.3, -0.25) is 0 Å². The van der Waals surface area contributed by atoms with Crippen molar-refractivity contribution in [3.05, 3.63) is 22.8 Å². The van der Waals surface area contributed by atoms with E-state index in [2.05, 4.69) is 0 Å². The van der Waals surface area contributed by atoms with Gasteiger partial charge in [0.1, 0.15) is 4.90 Å². The molecule has 5 heteroatoms. The zero-order valence-electron chi connectivity index (χ0n) is 7.66. The fourth-order valence-corrected chi connectivity index (χ4v) is 3.42. The monoisotopic (exact) mass is 212 g/mol. The largest absolute Gasteiger partial charge is 0.478 e. The number of hydrogen-bond acceptors (Lipinski definition) is 3. The van der Waals surface area contributed by atoms with Crippen molar-refractivity contribution in [3.8, 4) is 0 Å². The number of aromatic carboxylic acids is 1. The van der Waals surface area contributed by atoms with Crippen LogP contribution in [0.15, 0.2) is 15.9 Å². The molecule has 0 atom stereocenters. The summed E-state index contributed by atoms with van der Waals surface area (Å²) in [5, 5.41) is 8.78. The van der Waals surface area contributed by atoms with Crippen LogP contribution in [0.3, 0.4) is 0 Å². The zero-order valence-corrected chi connectivity index (χ0v) is 8.47. The highest BCUT2D eigenvalue weighted by Crippen LogP contribution is 2.46. The van der Waals surface area contributed by atoms with E-state index in [1.807, 2.05) is 0 Å². The Kier molecular flexibility index (Phi) is 1.55. The number of aryl methyl sites for hydroxylation is 1. The van der Waals surface area contributed by atoms with Gasteiger partial charge in [-0.25, -0.2) is 13.2 Å². The standard InChI is InChI=1S/C9H8O4S/c1-4-3-6(9(10)11)8-7(5(4)2)14(8,12)13/h3H,1-2H3,(H,10,11). The fraction of sp³-hybridized carbons (Fsp3) is 0.222. The van der Waals surface area contributed by atoms with E-state index in [0.29, 0.717) is 11.1 Å². The van der Waals surface area contributed by atoms with Crippen LogP contribution in [-0.2, 0) is 9.84 Å². The summed E-state index contributed by atoms with van der Waals surface area (Å²) in [6.07, 6.45) is 0. The Bertz CT molecular complexity index is 555. The lowest BCUT2D eigenvalue weighted by Crippen LogP contribution is -1.97. The van der Waals surface area contributed by atoms with Gasteiger partial charge in [-0.1, -0.05) is 0 Å². The highest BCUT2D eigenvalue weighted by Gasteiger charge is 2.46. The number of sulfone groups is 1. The van der Waals surface area contributed by atoms with E-state index in [1.165, 1.54) is 6.07 Å². The fourth-order valence-electron chi connectivity index (χ4n) is 1.56. The number of fused-ring (bicyclic) bond motifs is 1. The van der Waals surface area contributed by atoms with Gasteiger partial charge in [-0.15, -0.1) is 0 Å². The summed E-state index contributed by atoms with van der Waals surface area (Å²) in [5.41, 5.74) is 1.25. The maximum atomic E-state index is 11.4. The normalized spacial score (nSPS) is 16.1. The molecule has 0 spiro atoms. The molecule has 1 aromatic carbocycles. The van der Waals surface area contributed by atoms with Gasteiger partial charge < -0.3 is 5.11 Å². The van der Waals surface area contributed by atoms with Gasteiger partial charge in [0.2, 0.25) is 9.84 Å². The SMILES string of the molecule is Cc1cc(C(=O)O)c2c(c1C)S2(=O)=O. The summed E-state index contributed by atoms with van der Waals surface area (Å²) in [6.45, 7) is 3.39. The first-order valence-electron chi connectivity index (χ1n) is 4.00. The molecule has 0 radical (unpaired) electrons. The number of carboxylic acids is 1. The van der Waals surface area contributed by atoms with Crippen molar-refractivity contribution in [1.82, 2.24) is 0 Å². The van der Waals surface area contributed by atoms with Crippen LogP contribution in [-0.4, -0.2) is 19.5 Å². The summed E-state index contributed by atoms with van der Waals surface area (Å²) in [5.74, 6) is -1.19. The lowest BCUT2D eigenvalue weighted by atomic mass is 10.1. The molecule has 1 aliphatic rings. The van der Waals surface area contributed by atoms with Gasteiger partial charge in [0.15, 0.2) is 0 Å². The van der Waals surface area contributed by atoms with Gasteiger partial charge in [0.05, 0.1) is 10.5 Å². The first kappa shape index (κ1) is 9.21. The van der Waals surface area contributed by atoms with E-state index in [4.69, 9.17) is 5.11 Å². The number of carboxylic acid groups (broad SMARTS) is 1. The van der Waals surface area contributed by atoms with Crippen LogP contribution < -0.4 is 0 Å². The van der Waals surface area contributed by atoms with Crippen LogP contribution in [0.25, 0.3) is 0 Å². The summed E-state index contributed by atoms with van der Waals surface area (Å²) in [6, 6.07) is 1.40. The van der Waals surface area contributed by atoms with Crippen molar-refractivity contribution in [3.63, 3.8) is 0 Å². The van der Waals surface area contributed by atoms with E-state index < -0.39 is 15.8 Å². The minimum atomic E-state index is -3.39. The minimum Gasteiger partial charge on any atom is -0.478 e. The quantitative estimate of drug-likeness (QED) is 0.720. The average Bonchev–Trinajstić information content (AvgIpc) is 2.62. The Morgan fingerprint density at radius 2 is 1.86 bits per heavy atom. The molecule has 1 N–H and O–H groups in total. The lowest BCUT2D eigenvalue weighted by Gasteiger charge is -1.96. The highest BCUT2D eigenvalue weighted by molar-refractivity contribution is 7.97. The molecular formula is C9H8O4S. The Morgan fingerprint density at radius 1 is 1.29 bits per heavy atom. The number of benzene rings is 1. The van der Waals surface area contributed by atoms with Crippen LogP contribution in [0.2, 0.25) is 0 Å². The van der Waals surface area contributed by atoms with E-state index in [0.717, 1.165) is 0 Å². The topological polar surface area (TPSA) is 71.4 Å². The van der Waals surface area contributed by atoms with Crippen molar-refractivity contribution in [1.29, 1.82) is 0 Å². The average molecular weight is 212 g/mol. The predicted molar refractivity (Wildman–Crippen MR) is 48.3 cm³/mol. The van der Waals surface area contributed by atoms with E-state index >= 15 is 0 Å². The summed E-state index contributed by atoms with van der Waals surface area (Å²) < 4.78 is 22.7. The van der Waals surface area contributed by atoms with Gasteiger partial charge in [-0.2, -0.15) is 0 Å². The predicted octanol–water partition coefficient (Wildman–Crippen LogP) is 1.15. The van der Waals surface area contributed by atoms with E-state index in [1.54, 1.807) is 13.8 Å². The first-order valence-corrected chi connectivity index (χ1v) is 5.48. The van der Waals surface area contributed by atoms with E-state index in [9.17, 15) is 13.2 Å². The van der Waals surface area contributed by atoms with E-state index in [-0.39, 0.29) is 15.4 Å². The lowest BCUT2D eigenvalue weighted by molar-refractivity contribution is 0.0693. The number of carbonyl (C=O) groups is 1. The smallest absolute Gasteiger partial charge is 0.337 e. The molecule has 2 rings (SSSR count). The second-order valence-corrected chi connectivity index (χ2v) is 5.16. The van der Waals surface area contributed by atoms with Crippen LogP contribution in [0.1, 0.15) is 21.5 Å². The van der Waals surface area contributed by atoms with Crippen LogP contribution in [0, 0.1) is 13.8 Å². The number of hydrogen-bond donors (Lipinski definition) is 1. The Balaban J connectivity index is 2.85. The maximum Gasteiger partial charge on any atom is 0.337 e. The van der Waals surface area contributed by atoms with Gasteiger partial charge in [-0.05, 0) is 31.0 Å². The van der Waals surface area contributed by atoms with Crippen LogP contribution in [0.4, 0.5) is 0 Å². The Labute approximate surface area is 81.1 Å². The highest BCUT2D eigenvalue weighted by atomic mass is 32.2. The number of rotatable bonds is 1. The minimum absolute atomic E-state index is 0.00639. The van der Waals surface area contributed by atoms with Gasteiger partial charge >= 0.3 is 5.97 Å². The molecule has 14 heavy (non-hydrogen) atoms. The summed E-state index contributed by atoms with van der Waals surface area (Å²) in [4.78, 5) is 10.9. The molecule has 0 aromatic heterocycles. The molecule has 74 valence electrons. The maximum absolute atomic E-state index is 11.4. The molecule has 1 heterocycles. The summed E-state index contributed by atoms with van der Waals surface area (Å²) >= 11 is 0. The second-order valence-electron chi connectivity index (χ2n) is 3.33. The third-order valence-corrected chi connectivity index (χ3v) is 4.28. The zero-order chi connectivity index (χ0) is 10.7. The Morgan fingerprint density at radius 3 is 2.36 bits per heavy atom. The van der Waals surface area contributed by atoms with Crippen molar-refractivity contribution in [2.24, 2.45) is 0 Å². The molecule has 0 fully saturated rings. The first-order chi connectivity index (χ1) is 6.37. The molecular weight excluding hydrogens is 204 g/mol. The molecule has 1 aliphatic heterocycles. The molecule has 1 aromatic rings. The van der Waals surface area contributed by atoms with Crippen LogP contribution >= 0.6 is 0 Å². The molecule has 0 aliphatic carbocycles.